The van der Waals surface area contributed by atoms with Gasteiger partial charge in [0.2, 0.25) is 4.58 Å². The molecule has 1 saturated heterocycles. The third-order valence-electron chi connectivity index (χ3n) is 2.17. The maximum Gasteiger partial charge on any atom is 0.314 e. The van der Waals surface area contributed by atoms with Crippen molar-refractivity contribution >= 4 is 21.0 Å². The summed E-state index contributed by atoms with van der Waals surface area (Å²) in [5.41, 5.74) is 0. The van der Waals surface area contributed by atoms with Crippen molar-refractivity contribution in [3.05, 3.63) is 0 Å². The van der Waals surface area contributed by atoms with Crippen molar-refractivity contribution in [1.82, 2.24) is 0 Å². The summed E-state index contributed by atoms with van der Waals surface area (Å²) in [7, 11) is -3.87. The Morgan fingerprint density at radius 1 is 1.50 bits per heavy atom. The molecule has 5 heteroatoms. The highest BCUT2D eigenvalue weighted by Gasteiger charge is 2.41. The van der Waals surface area contributed by atoms with Gasteiger partial charge in [-0.3, -0.25) is 4.55 Å². The van der Waals surface area contributed by atoms with Crippen LogP contribution in [0, 0.1) is 0 Å². The second-order valence-corrected chi connectivity index (χ2v) is 7.50. The van der Waals surface area contributed by atoms with Crippen LogP contribution in [0.1, 0.15) is 26.2 Å². The minimum Gasteiger partial charge on any atom is -0.282 e. The normalized spacial score (nSPS) is 31.8. The van der Waals surface area contributed by atoms with Crippen LogP contribution in [-0.4, -0.2) is 29.1 Å². The first kappa shape index (κ1) is 10.3. The Labute approximate surface area is 76.6 Å². The van der Waals surface area contributed by atoms with Crippen molar-refractivity contribution in [2.75, 3.05) is 11.5 Å². The molecule has 1 heterocycles. The zero-order valence-electron chi connectivity index (χ0n) is 7.19. The lowest BCUT2D eigenvalue weighted by Gasteiger charge is -2.20. The first-order valence-corrected chi connectivity index (χ1v) is 7.31. The fourth-order valence-electron chi connectivity index (χ4n) is 1.55. The molecule has 3 nitrogen and oxygen atoms in total. The average Bonchev–Trinajstić information content (AvgIpc) is 2.03. The van der Waals surface area contributed by atoms with Crippen LogP contribution >= 0.6 is 0 Å². The third kappa shape index (κ3) is 2.37. The monoisotopic (exact) mass is 211 g/mol. The zero-order chi connectivity index (χ0) is 9.19. The smallest absolute Gasteiger partial charge is 0.282 e. The van der Waals surface area contributed by atoms with E-state index in [-0.39, 0.29) is 10.9 Å². The van der Waals surface area contributed by atoms with E-state index in [1.54, 1.807) is 0 Å². The Morgan fingerprint density at radius 3 is 2.58 bits per heavy atom. The number of hydrogen-bond donors (Lipinski definition) is 1. The first-order valence-electron chi connectivity index (χ1n) is 4.18. The van der Waals surface area contributed by atoms with Crippen LogP contribution in [0.15, 0.2) is 0 Å². The van der Waals surface area contributed by atoms with Crippen molar-refractivity contribution < 1.29 is 13.0 Å². The summed E-state index contributed by atoms with van der Waals surface area (Å²) < 4.78 is 30.3. The van der Waals surface area contributed by atoms with Gasteiger partial charge in [-0.2, -0.15) is 8.42 Å². The van der Waals surface area contributed by atoms with Gasteiger partial charge in [0.1, 0.15) is 11.5 Å². The summed E-state index contributed by atoms with van der Waals surface area (Å²) in [6.07, 6.45) is 2.70. The minimum atomic E-state index is -3.77. The Hall–Kier alpha value is 0.260. The van der Waals surface area contributed by atoms with E-state index in [0.29, 0.717) is 6.42 Å². The summed E-state index contributed by atoms with van der Waals surface area (Å²) >= 11 is 0. The molecular formula is C7H15O3S2+. The van der Waals surface area contributed by atoms with Gasteiger partial charge < -0.3 is 0 Å². The maximum absolute atomic E-state index is 10.9. The molecular weight excluding hydrogens is 196 g/mol. The van der Waals surface area contributed by atoms with Crippen LogP contribution in [0.3, 0.4) is 0 Å². The predicted octanol–water partition coefficient (Wildman–Crippen LogP) is 1.02. The summed E-state index contributed by atoms with van der Waals surface area (Å²) in [4.78, 5) is 0. The lowest BCUT2D eigenvalue weighted by Crippen LogP contribution is -2.36. The molecule has 0 bridgehead atoms. The Kier molecular flexibility index (Phi) is 3.43. The first-order chi connectivity index (χ1) is 5.55. The minimum absolute atomic E-state index is 0.0968. The van der Waals surface area contributed by atoms with Gasteiger partial charge in [-0.05, 0) is 19.8 Å². The van der Waals surface area contributed by atoms with Crippen LogP contribution in [0.2, 0.25) is 0 Å². The molecule has 1 N–H and O–H groups in total. The van der Waals surface area contributed by atoms with Gasteiger partial charge in [-0.1, -0.05) is 0 Å². The van der Waals surface area contributed by atoms with Crippen molar-refractivity contribution in [2.45, 2.75) is 30.8 Å². The second kappa shape index (κ2) is 3.98. The molecule has 0 aromatic heterocycles. The Balaban J connectivity index is 2.72. The van der Waals surface area contributed by atoms with E-state index in [4.69, 9.17) is 4.55 Å². The standard InChI is InChI=1S/C7H14O3S2/c1-2-11-6-4-3-5-7(11)12(8,9)10/h7H,2-6H2,1H3/p+1. The average molecular weight is 211 g/mol. The molecule has 2 unspecified atom stereocenters. The highest BCUT2D eigenvalue weighted by molar-refractivity contribution is 8.09. The molecule has 1 aliphatic rings. The Morgan fingerprint density at radius 2 is 2.17 bits per heavy atom. The van der Waals surface area contributed by atoms with Crippen LogP contribution in [0.25, 0.3) is 0 Å². The van der Waals surface area contributed by atoms with Gasteiger partial charge in [0, 0.05) is 17.3 Å². The van der Waals surface area contributed by atoms with Crippen molar-refractivity contribution in [3.63, 3.8) is 0 Å². The highest BCUT2D eigenvalue weighted by atomic mass is 32.3. The van der Waals surface area contributed by atoms with Gasteiger partial charge in [-0.25, -0.2) is 0 Å². The summed E-state index contributed by atoms with van der Waals surface area (Å²) in [6.45, 7) is 1.99. The molecule has 1 rings (SSSR count). The lowest BCUT2D eigenvalue weighted by atomic mass is 10.3. The van der Waals surface area contributed by atoms with Gasteiger partial charge in [-0.15, -0.1) is 0 Å². The van der Waals surface area contributed by atoms with E-state index in [0.717, 1.165) is 24.3 Å². The van der Waals surface area contributed by atoms with E-state index >= 15 is 0 Å². The molecule has 2 atom stereocenters. The highest BCUT2D eigenvalue weighted by Crippen LogP contribution is 2.25. The van der Waals surface area contributed by atoms with E-state index < -0.39 is 14.7 Å². The molecule has 12 heavy (non-hydrogen) atoms. The SMILES string of the molecule is CC[S+]1CCCCC1S(=O)(=O)O. The van der Waals surface area contributed by atoms with E-state index in [9.17, 15) is 8.42 Å². The van der Waals surface area contributed by atoms with Crippen molar-refractivity contribution in [3.8, 4) is 0 Å². The fraction of sp³-hybridized carbons (Fsp3) is 1.00. The van der Waals surface area contributed by atoms with Crippen molar-refractivity contribution in [1.29, 1.82) is 0 Å². The quantitative estimate of drug-likeness (QED) is 0.548. The largest absolute Gasteiger partial charge is 0.314 e. The topological polar surface area (TPSA) is 54.4 Å². The Bertz CT molecular complexity index is 235. The molecule has 1 fully saturated rings. The second-order valence-electron chi connectivity index (χ2n) is 2.97. The summed E-state index contributed by atoms with van der Waals surface area (Å²) in [5, 5.41) is 0. The molecule has 0 aliphatic carbocycles. The van der Waals surface area contributed by atoms with Gasteiger partial charge >= 0.3 is 10.1 Å². The molecule has 0 amide bonds. The zero-order valence-corrected chi connectivity index (χ0v) is 8.83. The fourth-order valence-corrected chi connectivity index (χ4v) is 6.08. The maximum atomic E-state index is 10.9. The molecule has 0 aromatic carbocycles. The van der Waals surface area contributed by atoms with Gasteiger partial charge in [0.25, 0.3) is 0 Å². The van der Waals surface area contributed by atoms with Gasteiger partial charge in [0.15, 0.2) is 0 Å². The van der Waals surface area contributed by atoms with Crippen molar-refractivity contribution in [2.24, 2.45) is 0 Å². The lowest BCUT2D eigenvalue weighted by molar-refractivity contribution is 0.474. The molecule has 0 radical (unpaired) electrons. The van der Waals surface area contributed by atoms with E-state index in [1.165, 1.54) is 0 Å². The van der Waals surface area contributed by atoms with Gasteiger partial charge in [0.05, 0.1) is 0 Å². The van der Waals surface area contributed by atoms with Crippen LogP contribution < -0.4 is 0 Å². The predicted molar refractivity (Wildman–Crippen MR) is 52.0 cm³/mol. The molecule has 0 spiro atoms. The molecule has 0 aromatic rings. The van der Waals surface area contributed by atoms with Crippen LogP contribution in [0.4, 0.5) is 0 Å². The molecule has 72 valence electrons. The summed E-state index contributed by atoms with van der Waals surface area (Å²) in [6, 6.07) is 0. The molecule has 1 aliphatic heterocycles. The number of rotatable bonds is 2. The van der Waals surface area contributed by atoms with E-state index in [1.807, 2.05) is 6.92 Å². The summed E-state index contributed by atoms with van der Waals surface area (Å²) in [5.74, 6) is 1.85. The third-order valence-corrected chi connectivity index (χ3v) is 7.15. The van der Waals surface area contributed by atoms with Crippen LogP contribution in [0.5, 0.6) is 0 Å². The molecule has 0 saturated carbocycles. The number of hydrogen-bond acceptors (Lipinski definition) is 2. The van der Waals surface area contributed by atoms with E-state index in [2.05, 4.69) is 0 Å². The van der Waals surface area contributed by atoms with Crippen LogP contribution in [-0.2, 0) is 21.0 Å².